The Labute approximate surface area is 177 Å². The van der Waals surface area contributed by atoms with E-state index in [2.05, 4.69) is 37.0 Å². The number of ether oxygens (including phenoxy) is 1. The number of halogens is 1. The maximum Gasteiger partial charge on any atom is 0.253 e. The lowest BCUT2D eigenvalue weighted by Crippen LogP contribution is -2.28. The van der Waals surface area contributed by atoms with E-state index >= 15 is 0 Å². The molecule has 1 fully saturated rings. The van der Waals surface area contributed by atoms with E-state index in [4.69, 9.17) is 4.74 Å². The Morgan fingerprint density at radius 2 is 2.07 bits per heavy atom. The summed E-state index contributed by atoms with van der Waals surface area (Å²) >= 11 is 3.55. The number of aromatic nitrogens is 2. The van der Waals surface area contributed by atoms with Gasteiger partial charge in [0.1, 0.15) is 0 Å². The maximum absolute atomic E-state index is 13.1. The van der Waals surface area contributed by atoms with Crippen molar-refractivity contribution in [3.8, 4) is 0 Å². The number of H-pyrrole nitrogens is 1. The number of carbonyl (C=O) groups excluding carboxylic acids is 1. The summed E-state index contributed by atoms with van der Waals surface area (Å²) in [6.07, 6.45) is 3.06. The molecule has 1 amide bonds. The lowest BCUT2D eigenvalue weighted by molar-refractivity contribution is 0.0952. The van der Waals surface area contributed by atoms with Crippen LogP contribution in [-0.4, -0.2) is 28.7 Å². The van der Waals surface area contributed by atoms with Gasteiger partial charge < -0.3 is 19.6 Å². The highest BCUT2D eigenvalue weighted by molar-refractivity contribution is 9.10. The van der Waals surface area contributed by atoms with Gasteiger partial charge in [-0.15, -0.1) is 0 Å². The fourth-order valence-electron chi connectivity index (χ4n) is 4.14. The molecule has 0 unspecified atom stereocenters. The summed E-state index contributed by atoms with van der Waals surface area (Å²) in [4.78, 5) is 28.1. The van der Waals surface area contributed by atoms with Crippen LogP contribution in [0.15, 0.2) is 33.7 Å². The van der Waals surface area contributed by atoms with Crippen LogP contribution in [0.1, 0.15) is 45.2 Å². The Balaban J connectivity index is 1.68. The first-order valence-electron chi connectivity index (χ1n) is 9.71. The minimum absolute atomic E-state index is 0.161. The Hall–Kier alpha value is -2.38. The number of benzene rings is 1. The molecule has 0 radical (unpaired) electrons. The van der Waals surface area contributed by atoms with Crippen LogP contribution in [0.5, 0.6) is 0 Å². The topological polar surface area (TPSA) is 76.1 Å². The molecule has 0 bridgehead atoms. The largest absolute Gasteiger partial charge is 0.379 e. The van der Waals surface area contributed by atoms with Crippen molar-refractivity contribution in [2.24, 2.45) is 0 Å². The highest BCUT2D eigenvalue weighted by Gasteiger charge is 2.23. The van der Waals surface area contributed by atoms with E-state index in [1.807, 2.05) is 39.0 Å². The first-order valence-corrected chi connectivity index (χ1v) is 10.5. The van der Waals surface area contributed by atoms with E-state index in [9.17, 15) is 9.59 Å². The van der Waals surface area contributed by atoms with Gasteiger partial charge in [0.15, 0.2) is 0 Å². The standard InChI is InChI=1S/C22H24BrN3O3/c1-12-6-14(3)25-22(28)18(12)9-24-21(27)17-7-15(23)8-19-20(17)13(2)10-26(19)16-4-5-29-11-16/h6-8,10,16H,4-5,9,11H2,1-3H3,(H,24,27)(H,25,28)/t16-/m1/s1. The molecule has 2 aromatic heterocycles. The zero-order chi connectivity index (χ0) is 20.7. The number of pyridine rings is 1. The monoisotopic (exact) mass is 457 g/mol. The van der Waals surface area contributed by atoms with Gasteiger partial charge in [-0.2, -0.15) is 0 Å². The third-order valence-electron chi connectivity index (χ3n) is 5.55. The molecular weight excluding hydrogens is 434 g/mol. The van der Waals surface area contributed by atoms with Crippen LogP contribution < -0.4 is 10.9 Å². The first-order chi connectivity index (χ1) is 13.8. The second-order valence-electron chi connectivity index (χ2n) is 7.71. The van der Waals surface area contributed by atoms with Crippen molar-refractivity contribution in [2.75, 3.05) is 13.2 Å². The lowest BCUT2D eigenvalue weighted by atomic mass is 10.1. The summed E-state index contributed by atoms with van der Waals surface area (Å²) in [6, 6.07) is 6.08. The van der Waals surface area contributed by atoms with Gasteiger partial charge in [-0.1, -0.05) is 15.9 Å². The van der Waals surface area contributed by atoms with Gasteiger partial charge in [-0.05, 0) is 56.5 Å². The molecule has 3 heterocycles. The number of hydrogen-bond acceptors (Lipinski definition) is 3. The van der Waals surface area contributed by atoms with Crippen LogP contribution in [0, 0.1) is 20.8 Å². The van der Waals surface area contributed by atoms with Crippen molar-refractivity contribution < 1.29 is 9.53 Å². The first kappa shape index (κ1) is 19.9. The van der Waals surface area contributed by atoms with E-state index in [0.717, 1.165) is 45.2 Å². The molecule has 2 N–H and O–H groups in total. The van der Waals surface area contributed by atoms with Crippen molar-refractivity contribution in [3.05, 3.63) is 67.2 Å². The third kappa shape index (κ3) is 3.76. The lowest BCUT2D eigenvalue weighted by Gasteiger charge is -2.13. The fourth-order valence-corrected chi connectivity index (χ4v) is 4.59. The third-order valence-corrected chi connectivity index (χ3v) is 6.01. The summed E-state index contributed by atoms with van der Waals surface area (Å²) in [5, 5.41) is 3.87. The van der Waals surface area contributed by atoms with Crippen molar-refractivity contribution >= 4 is 32.7 Å². The average molecular weight is 458 g/mol. The molecule has 0 spiro atoms. The van der Waals surface area contributed by atoms with Crippen molar-refractivity contribution in [1.29, 1.82) is 0 Å². The quantitative estimate of drug-likeness (QED) is 0.623. The van der Waals surface area contributed by atoms with Crippen molar-refractivity contribution in [3.63, 3.8) is 0 Å². The van der Waals surface area contributed by atoms with Gasteiger partial charge in [0.25, 0.3) is 11.5 Å². The molecule has 7 heteroatoms. The minimum atomic E-state index is -0.195. The van der Waals surface area contributed by atoms with Gasteiger partial charge in [-0.25, -0.2) is 0 Å². The Bertz CT molecular complexity index is 1160. The zero-order valence-corrected chi connectivity index (χ0v) is 18.4. The molecule has 0 saturated carbocycles. The summed E-state index contributed by atoms with van der Waals surface area (Å²) in [6.45, 7) is 7.38. The number of fused-ring (bicyclic) bond motifs is 1. The molecule has 1 aliphatic rings. The molecule has 1 aromatic carbocycles. The van der Waals surface area contributed by atoms with E-state index in [1.54, 1.807) is 0 Å². The van der Waals surface area contributed by atoms with Crippen LogP contribution in [0.4, 0.5) is 0 Å². The number of nitrogens with zero attached hydrogens (tertiary/aromatic N) is 1. The van der Waals surface area contributed by atoms with Crippen LogP contribution in [0.3, 0.4) is 0 Å². The van der Waals surface area contributed by atoms with Gasteiger partial charge in [0.2, 0.25) is 0 Å². The van der Waals surface area contributed by atoms with Crippen molar-refractivity contribution in [1.82, 2.24) is 14.9 Å². The van der Waals surface area contributed by atoms with Gasteiger partial charge in [0.05, 0.1) is 23.7 Å². The fraction of sp³-hybridized carbons (Fsp3) is 0.364. The predicted molar refractivity (Wildman–Crippen MR) is 117 cm³/mol. The highest BCUT2D eigenvalue weighted by atomic mass is 79.9. The Kier molecular flexibility index (Phi) is 5.36. The number of nitrogens with one attached hydrogen (secondary N) is 2. The van der Waals surface area contributed by atoms with Gasteiger partial charge in [0, 0.05) is 40.5 Å². The number of rotatable bonds is 4. The van der Waals surface area contributed by atoms with Crippen molar-refractivity contribution in [2.45, 2.75) is 39.8 Å². The number of amides is 1. The van der Waals surface area contributed by atoms with Crippen LogP contribution in [-0.2, 0) is 11.3 Å². The molecule has 0 aliphatic carbocycles. The maximum atomic E-state index is 13.1. The second-order valence-corrected chi connectivity index (χ2v) is 8.63. The summed E-state index contributed by atoms with van der Waals surface area (Å²) in [5.41, 5.74) is 4.76. The summed E-state index contributed by atoms with van der Waals surface area (Å²) < 4.78 is 8.61. The van der Waals surface area contributed by atoms with Gasteiger partial charge >= 0.3 is 0 Å². The number of aromatic amines is 1. The average Bonchev–Trinajstić information content (AvgIpc) is 3.28. The summed E-state index contributed by atoms with van der Waals surface area (Å²) in [5.74, 6) is -0.195. The minimum Gasteiger partial charge on any atom is -0.379 e. The van der Waals surface area contributed by atoms with E-state index in [-0.39, 0.29) is 24.1 Å². The molecule has 1 atom stereocenters. The molecular formula is C22H24BrN3O3. The van der Waals surface area contributed by atoms with Crippen LogP contribution in [0.2, 0.25) is 0 Å². The van der Waals surface area contributed by atoms with E-state index in [0.29, 0.717) is 17.7 Å². The number of aryl methyl sites for hydroxylation is 3. The molecule has 29 heavy (non-hydrogen) atoms. The molecule has 3 aromatic rings. The van der Waals surface area contributed by atoms with Crippen LogP contribution >= 0.6 is 15.9 Å². The SMILES string of the molecule is Cc1cc(C)c(CNC(=O)c2cc(Br)cc3c2c(C)cn3[C@@H]2CCOC2)c(=O)[nH]1. The normalized spacial score (nSPS) is 16.5. The molecule has 152 valence electrons. The van der Waals surface area contributed by atoms with E-state index in [1.165, 1.54) is 0 Å². The molecule has 1 saturated heterocycles. The molecule has 1 aliphatic heterocycles. The molecule has 4 rings (SSSR count). The Morgan fingerprint density at radius 3 is 2.76 bits per heavy atom. The number of hydrogen-bond donors (Lipinski definition) is 2. The predicted octanol–water partition coefficient (Wildman–Crippen LogP) is 3.91. The zero-order valence-electron chi connectivity index (χ0n) is 16.8. The smallest absolute Gasteiger partial charge is 0.253 e. The number of carbonyl (C=O) groups is 1. The molecule has 6 nitrogen and oxygen atoms in total. The highest BCUT2D eigenvalue weighted by Crippen LogP contribution is 2.33. The summed E-state index contributed by atoms with van der Waals surface area (Å²) in [7, 11) is 0. The van der Waals surface area contributed by atoms with E-state index < -0.39 is 0 Å². The van der Waals surface area contributed by atoms with Gasteiger partial charge in [-0.3, -0.25) is 9.59 Å². The van der Waals surface area contributed by atoms with Crippen LogP contribution in [0.25, 0.3) is 10.9 Å². The second kappa shape index (κ2) is 7.80. The Morgan fingerprint density at radius 1 is 1.28 bits per heavy atom.